The molecule has 0 aromatic heterocycles. The van der Waals surface area contributed by atoms with Crippen LogP contribution in [0.1, 0.15) is 0 Å². The van der Waals surface area contributed by atoms with Gasteiger partial charge in [-0.15, -0.1) is 0 Å². The lowest BCUT2D eigenvalue weighted by Crippen LogP contribution is -2.36. The normalized spacial score (nSPS) is 19.5. The van der Waals surface area contributed by atoms with E-state index >= 15 is 0 Å². The van der Waals surface area contributed by atoms with Gasteiger partial charge in [0.2, 0.25) is 5.78 Å². The third kappa shape index (κ3) is 3.40. The van der Waals surface area contributed by atoms with Crippen molar-refractivity contribution in [2.75, 3.05) is 11.1 Å². The van der Waals surface area contributed by atoms with Gasteiger partial charge >= 0.3 is 0 Å². The van der Waals surface area contributed by atoms with Crippen molar-refractivity contribution in [1.29, 1.82) is 0 Å². The molecule has 0 fully saturated rings. The number of carbonyl (C=O) groups excluding carboxylic acids is 2. The van der Waals surface area contributed by atoms with Gasteiger partial charge in [0.1, 0.15) is 5.25 Å². The van der Waals surface area contributed by atoms with Crippen molar-refractivity contribution in [3.8, 4) is 0 Å². The molecule has 21 heavy (non-hydrogen) atoms. The summed E-state index contributed by atoms with van der Waals surface area (Å²) in [5.74, 6) is -2.43. The summed E-state index contributed by atoms with van der Waals surface area (Å²) in [4.78, 5) is 23.7. The molecule has 1 aromatic rings. The van der Waals surface area contributed by atoms with E-state index in [0.29, 0.717) is 0 Å². The minimum absolute atomic E-state index is 0.0730. The Morgan fingerprint density at radius 3 is 2.29 bits per heavy atom. The second kappa shape index (κ2) is 5.96. The van der Waals surface area contributed by atoms with E-state index in [0.717, 1.165) is 0 Å². The van der Waals surface area contributed by atoms with Crippen LogP contribution in [0.5, 0.6) is 0 Å². The summed E-state index contributed by atoms with van der Waals surface area (Å²) in [5.41, 5.74) is 0.0730. The Morgan fingerprint density at radius 1 is 1.10 bits per heavy atom. The van der Waals surface area contributed by atoms with E-state index in [1.54, 1.807) is 0 Å². The predicted molar refractivity (Wildman–Crippen MR) is 81.8 cm³/mol. The number of hydrogen-bond donors (Lipinski definition) is 1. The molecular formula is C12H8Cl3NO4S. The minimum atomic E-state index is -3.65. The summed E-state index contributed by atoms with van der Waals surface area (Å²) in [5, 5.41) is 1.17. The number of sulfone groups is 1. The molecule has 2 rings (SSSR count). The van der Waals surface area contributed by atoms with E-state index in [1.165, 1.54) is 24.3 Å². The summed E-state index contributed by atoms with van der Waals surface area (Å²) in [7, 11) is -3.65. The van der Waals surface area contributed by atoms with Crippen LogP contribution in [0.15, 0.2) is 24.3 Å². The first-order chi connectivity index (χ1) is 9.72. The lowest BCUT2D eigenvalue weighted by Gasteiger charge is -2.10. The van der Waals surface area contributed by atoms with Gasteiger partial charge in [-0.3, -0.25) is 9.59 Å². The first kappa shape index (κ1) is 16.3. The van der Waals surface area contributed by atoms with Gasteiger partial charge in [0.15, 0.2) is 9.84 Å². The molecule has 1 aromatic carbocycles. The third-order valence-corrected chi connectivity index (χ3v) is 5.60. The molecule has 0 unspecified atom stereocenters. The monoisotopic (exact) mass is 367 g/mol. The fraction of sp³-hybridized carbons (Fsp3) is 0.167. The molecule has 5 nitrogen and oxygen atoms in total. The van der Waals surface area contributed by atoms with E-state index in [-0.39, 0.29) is 26.5 Å². The zero-order valence-electron chi connectivity index (χ0n) is 10.3. The highest BCUT2D eigenvalue weighted by molar-refractivity contribution is 7.93. The second-order valence-electron chi connectivity index (χ2n) is 4.24. The van der Waals surface area contributed by atoms with Crippen LogP contribution in [0, 0.1) is 0 Å². The lowest BCUT2D eigenvalue weighted by molar-refractivity contribution is -0.134. The maximum atomic E-state index is 11.9. The van der Waals surface area contributed by atoms with Crippen LogP contribution >= 0.6 is 34.8 Å². The van der Waals surface area contributed by atoms with Crippen molar-refractivity contribution in [3.63, 3.8) is 0 Å². The number of ketones is 1. The van der Waals surface area contributed by atoms with Crippen molar-refractivity contribution < 1.29 is 18.0 Å². The highest BCUT2D eigenvalue weighted by Gasteiger charge is 2.36. The van der Waals surface area contributed by atoms with Gasteiger partial charge in [0.05, 0.1) is 26.5 Å². The standard InChI is InChI=1S/C12H8Cl3NO4S/c13-6-4-8(15)9(5-7(6)14)16-12(18)11(17)10-2-1-3-21(10,19)20/h1-2,4-5,10H,3H2,(H,16,18)/t10-/m1/s1. The van der Waals surface area contributed by atoms with E-state index in [1.807, 2.05) is 0 Å². The van der Waals surface area contributed by atoms with Gasteiger partial charge in [-0.2, -0.15) is 0 Å². The predicted octanol–water partition coefficient (Wildman–Crippen LogP) is 2.51. The van der Waals surface area contributed by atoms with Crippen molar-refractivity contribution in [1.82, 2.24) is 0 Å². The Kier molecular flexibility index (Phi) is 4.63. The van der Waals surface area contributed by atoms with Crippen LogP contribution < -0.4 is 5.32 Å². The zero-order chi connectivity index (χ0) is 15.8. The van der Waals surface area contributed by atoms with Crippen molar-refractivity contribution >= 4 is 62.0 Å². The highest BCUT2D eigenvalue weighted by atomic mass is 35.5. The van der Waals surface area contributed by atoms with Crippen LogP contribution in [0.4, 0.5) is 5.69 Å². The lowest BCUT2D eigenvalue weighted by atomic mass is 10.2. The molecule has 0 saturated heterocycles. The average Bonchev–Trinajstić information content (AvgIpc) is 2.74. The van der Waals surface area contributed by atoms with E-state index < -0.39 is 26.8 Å². The maximum absolute atomic E-state index is 11.9. The molecule has 1 amide bonds. The highest BCUT2D eigenvalue weighted by Crippen LogP contribution is 2.32. The molecule has 0 radical (unpaired) electrons. The fourth-order valence-corrected chi connectivity index (χ4v) is 3.68. The number of halogens is 3. The summed E-state index contributed by atoms with van der Waals surface area (Å²) >= 11 is 17.4. The maximum Gasteiger partial charge on any atom is 0.293 e. The van der Waals surface area contributed by atoms with E-state index in [9.17, 15) is 18.0 Å². The quantitative estimate of drug-likeness (QED) is 0.505. The molecule has 1 aliphatic rings. The molecule has 1 aliphatic heterocycles. The van der Waals surface area contributed by atoms with Crippen LogP contribution in [0.3, 0.4) is 0 Å². The Bertz CT molecular complexity index is 758. The molecule has 0 saturated carbocycles. The van der Waals surface area contributed by atoms with Crippen molar-refractivity contribution in [2.24, 2.45) is 0 Å². The number of anilines is 1. The topological polar surface area (TPSA) is 80.3 Å². The smallest absolute Gasteiger partial charge is 0.293 e. The molecule has 0 spiro atoms. The number of amides is 1. The second-order valence-corrected chi connectivity index (χ2v) is 7.63. The molecule has 0 aliphatic carbocycles. The first-order valence-electron chi connectivity index (χ1n) is 5.60. The molecule has 1 heterocycles. The molecule has 0 bridgehead atoms. The first-order valence-corrected chi connectivity index (χ1v) is 8.45. The summed E-state index contributed by atoms with van der Waals surface area (Å²) in [6, 6.07) is 2.58. The average molecular weight is 369 g/mol. The Hall–Kier alpha value is -1.08. The summed E-state index contributed by atoms with van der Waals surface area (Å²) < 4.78 is 23.2. The number of benzene rings is 1. The molecule has 9 heteroatoms. The summed E-state index contributed by atoms with van der Waals surface area (Å²) in [6.45, 7) is 0. The third-order valence-electron chi connectivity index (χ3n) is 2.77. The van der Waals surface area contributed by atoms with Gasteiger partial charge in [0.25, 0.3) is 5.91 Å². The fourth-order valence-electron chi connectivity index (χ4n) is 1.72. The van der Waals surface area contributed by atoms with Gasteiger partial charge in [0, 0.05) is 0 Å². The minimum Gasteiger partial charge on any atom is -0.318 e. The number of Topliss-reactive ketones (excluding diaryl/α,β-unsaturated/α-hetero) is 1. The van der Waals surface area contributed by atoms with Gasteiger partial charge < -0.3 is 5.32 Å². The zero-order valence-corrected chi connectivity index (χ0v) is 13.4. The Balaban J connectivity index is 2.21. The van der Waals surface area contributed by atoms with Crippen molar-refractivity contribution in [3.05, 3.63) is 39.4 Å². The number of rotatable bonds is 3. The Morgan fingerprint density at radius 2 is 1.71 bits per heavy atom. The number of hydrogen-bond acceptors (Lipinski definition) is 4. The molecule has 1 N–H and O–H groups in total. The van der Waals surface area contributed by atoms with Crippen LogP contribution in [-0.4, -0.2) is 31.1 Å². The van der Waals surface area contributed by atoms with Gasteiger partial charge in [-0.1, -0.05) is 47.0 Å². The van der Waals surface area contributed by atoms with Crippen molar-refractivity contribution in [2.45, 2.75) is 5.25 Å². The Labute approximate surface area is 135 Å². The molecular weight excluding hydrogens is 361 g/mol. The largest absolute Gasteiger partial charge is 0.318 e. The van der Waals surface area contributed by atoms with Crippen LogP contribution in [0.2, 0.25) is 15.1 Å². The number of carbonyl (C=O) groups is 2. The number of nitrogens with one attached hydrogen (secondary N) is 1. The SMILES string of the molecule is O=C(Nc1cc(Cl)c(Cl)cc1Cl)C(=O)[C@H]1C=CCS1(=O)=O. The summed E-state index contributed by atoms with van der Waals surface area (Å²) in [6.07, 6.45) is 2.52. The molecule has 1 atom stereocenters. The van der Waals surface area contributed by atoms with Crippen LogP contribution in [0.25, 0.3) is 0 Å². The van der Waals surface area contributed by atoms with Gasteiger partial charge in [-0.05, 0) is 12.1 Å². The molecule has 112 valence electrons. The van der Waals surface area contributed by atoms with Crippen LogP contribution in [-0.2, 0) is 19.4 Å². The van der Waals surface area contributed by atoms with E-state index in [2.05, 4.69) is 5.32 Å². The van der Waals surface area contributed by atoms with E-state index in [4.69, 9.17) is 34.8 Å². The van der Waals surface area contributed by atoms with Gasteiger partial charge in [-0.25, -0.2) is 8.42 Å².